The zero-order chi connectivity index (χ0) is 4.50. The van der Waals surface area contributed by atoms with Crippen LogP contribution in [0.15, 0.2) is 0 Å². The van der Waals surface area contributed by atoms with Gasteiger partial charge >= 0.3 is 0 Å². The van der Waals surface area contributed by atoms with Crippen molar-refractivity contribution in [2.45, 2.75) is 19.6 Å². The fourth-order valence-electron chi connectivity index (χ4n) is 0. The van der Waals surface area contributed by atoms with Crippen LogP contribution in [-0.4, -0.2) is 16.6 Å². The van der Waals surface area contributed by atoms with E-state index < -0.39 is 8.24 Å². The predicted octanol–water partition coefficient (Wildman–Crippen LogP) is -0.318. The van der Waals surface area contributed by atoms with Gasteiger partial charge in [-0.1, -0.05) is 0 Å². The van der Waals surface area contributed by atoms with Crippen LogP contribution in [0.25, 0.3) is 0 Å². The molecule has 4 radical (unpaired) electrons. The molecule has 0 saturated heterocycles. The topological polar surface area (TPSA) is 27.6 Å². The number of hydrogen-bond acceptors (Lipinski definition) is 0. The molecular formula is C3H12BNSi. The smallest absolute Gasteiger partial charge is 0.271 e. The molecule has 3 heteroatoms. The van der Waals surface area contributed by atoms with E-state index in [9.17, 15) is 0 Å². The standard InChI is InChI=1S/C3H12NSi.B/c1-5(2,3)4;/h1-4H3;/q+1;-1. The van der Waals surface area contributed by atoms with Crippen molar-refractivity contribution in [2.24, 2.45) is 0 Å². The Morgan fingerprint density at radius 2 is 1.17 bits per heavy atom. The van der Waals surface area contributed by atoms with Gasteiger partial charge in [-0.25, -0.2) is 0 Å². The molecule has 0 rings (SSSR count). The first-order valence-electron chi connectivity index (χ1n) is 1.85. The van der Waals surface area contributed by atoms with Gasteiger partial charge in [-0.05, 0) is 19.6 Å². The average Bonchev–Trinajstić information content (AvgIpc) is 0.722. The van der Waals surface area contributed by atoms with Gasteiger partial charge in [0.25, 0.3) is 8.24 Å². The molecule has 0 amide bonds. The Kier molecular flexibility index (Phi) is 3.85. The summed E-state index contributed by atoms with van der Waals surface area (Å²) in [5, 5.41) is 3.91. The summed E-state index contributed by atoms with van der Waals surface area (Å²) in [4.78, 5) is 0. The number of quaternary nitrogens is 1. The Morgan fingerprint density at radius 1 is 1.17 bits per heavy atom. The second kappa shape index (κ2) is 2.42. The monoisotopic (exact) mass is 101 g/mol. The first kappa shape index (κ1) is 9.53. The fraction of sp³-hybridized carbons (Fsp3) is 1.00. The summed E-state index contributed by atoms with van der Waals surface area (Å²) in [6, 6.07) is 0. The lowest BCUT2D eigenvalue weighted by Crippen LogP contribution is -2.71. The predicted molar refractivity (Wildman–Crippen MR) is 32.0 cm³/mol. The fourth-order valence-corrected chi connectivity index (χ4v) is 0. The molecule has 0 aromatic rings. The van der Waals surface area contributed by atoms with Gasteiger partial charge in [0, 0.05) is 0 Å². The van der Waals surface area contributed by atoms with E-state index in [4.69, 9.17) is 0 Å². The maximum Gasteiger partial charge on any atom is 0.271 e. The summed E-state index contributed by atoms with van der Waals surface area (Å²) in [6.45, 7) is 6.65. The molecule has 0 aliphatic carbocycles. The highest BCUT2D eigenvalue weighted by atomic mass is 28.3. The number of hydrogen-bond donors (Lipinski definition) is 1. The lowest BCUT2D eigenvalue weighted by molar-refractivity contribution is -0.203. The molecular weight excluding hydrogens is 88.9 g/mol. The van der Waals surface area contributed by atoms with Gasteiger partial charge in [0.1, 0.15) is 0 Å². The van der Waals surface area contributed by atoms with Crippen molar-refractivity contribution in [3.05, 3.63) is 0 Å². The Balaban J connectivity index is 0. The Bertz CT molecular complexity index is 26.3. The molecule has 0 aliphatic rings. The zero-order valence-corrected chi connectivity index (χ0v) is 5.78. The lowest BCUT2D eigenvalue weighted by atomic mass is 10.8. The van der Waals surface area contributed by atoms with Gasteiger partial charge in [0.15, 0.2) is 0 Å². The van der Waals surface area contributed by atoms with E-state index in [1.165, 1.54) is 0 Å². The van der Waals surface area contributed by atoms with Crippen LogP contribution in [0, 0.1) is 0 Å². The van der Waals surface area contributed by atoms with Crippen molar-refractivity contribution >= 4 is 16.6 Å². The van der Waals surface area contributed by atoms with E-state index in [0.29, 0.717) is 0 Å². The third-order valence-electron chi connectivity index (χ3n) is 0. The van der Waals surface area contributed by atoms with Crippen molar-refractivity contribution < 1.29 is 5.40 Å². The molecule has 6 heavy (non-hydrogen) atoms. The zero-order valence-electron chi connectivity index (χ0n) is 4.78. The summed E-state index contributed by atoms with van der Waals surface area (Å²) in [7, 11) is -0.861. The van der Waals surface area contributed by atoms with E-state index in [0.717, 1.165) is 0 Å². The van der Waals surface area contributed by atoms with Crippen LogP contribution < -0.4 is 5.40 Å². The highest BCUT2D eigenvalue weighted by molar-refractivity contribution is 6.66. The Hall–Kier alpha value is 0.242. The SMILES string of the molecule is C[Si](C)(C)[NH3+].[B-]. The van der Waals surface area contributed by atoms with Crippen LogP contribution in [-0.2, 0) is 0 Å². The Labute approximate surface area is 42.6 Å². The molecule has 0 unspecified atom stereocenters. The minimum atomic E-state index is -0.861. The minimum Gasteiger partial charge on any atom is -1.00 e. The molecule has 0 aromatic carbocycles. The van der Waals surface area contributed by atoms with Crippen molar-refractivity contribution in [3.63, 3.8) is 0 Å². The van der Waals surface area contributed by atoms with Crippen LogP contribution in [0.1, 0.15) is 0 Å². The van der Waals surface area contributed by atoms with Crippen LogP contribution in [0.3, 0.4) is 0 Å². The third kappa shape index (κ3) is 762. The van der Waals surface area contributed by atoms with Crippen molar-refractivity contribution in [1.82, 2.24) is 0 Å². The average molecular weight is 101 g/mol. The summed E-state index contributed by atoms with van der Waals surface area (Å²) in [5.74, 6) is 0. The Morgan fingerprint density at radius 3 is 1.17 bits per heavy atom. The van der Waals surface area contributed by atoms with Crippen LogP contribution in [0.5, 0.6) is 0 Å². The third-order valence-corrected chi connectivity index (χ3v) is 0. The first-order chi connectivity index (χ1) is 2.00. The van der Waals surface area contributed by atoms with Crippen LogP contribution in [0.4, 0.5) is 0 Å². The van der Waals surface area contributed by atoms with E-state index in [2.05, 4.69) is 25.0 Å². The van der Waals surface area contributed by atoms with Gasteiger partial charge in [0.05, 0.1) is 0 Å². The van der Waals surface area contributed by atoms with Crippen molar-refractivity contribution in [3.8, 4) is 0 Å². The van der Waals surface area contributed by atoms with Crippen molar-refractivity contribution in [2.75, 3.05) is 0 Å². The molecule has 0 aliphatic heterocycles. The van der Waals surface area contributed by atoms with E-state index in [1.807, 2.05) is 0 Å². The molecule has 0 aromatic heterocycles. The quantitative estimate of drug-likeness (QED) is 0.405. The van der Waals surface area contributed by atoms with E-state index >= 15 is 0 Å². The lowest BCUT2D eigenvalue weighted by Gasteiger charge is -1.94. The maximum atomic E-state index is 3.91. The molecule has 0 heterocycles. The van der Waals surface area contributed by atoms with Crippen LogP contribution >= 0.6 is 0 Å². The largest absolute Gasteiger partial charge is 1.00 e. The minimum absolute atomic E-state index is 0. The van der Waals surface area contributed by atoms with Gasteiger partial charge in [-0.3, -0.25) is 0 Å². The molecule has 36 valence electrons. The number of rotatable bonds is 0. The normalized spacial score (nSPS) is 10.0. The van der Waals surface area contributed by atoms with E-state index in [1.54, 1.807) is 0 Å². The molecule has 0 saturated carbocycles. The first-order valence-corrected chi connectivity index (χ1v) is 5.56. The van der Waals surface area contributed by atoms with Gasteiger partial charge in [0.2, 0.25) is 0 Å². The maximum absolute atomic E-state index is 3.91. The molecule has 1 nitrogen and oxygen atoms in total. The summed E-state index contributed by atoms with van der Waals surface area (Å²) in [6.07, 6.45) is 0. The highest BCUT2D eigenvalue weighted by Gasteiger charge is 2.09. The molecule has 0 atom stereocenters. The summed E-state index contributed by atoms with van der Waals surface area (Å²) < 4.78 is 0. The molecule has 3 N–H and O–H groups in total. The molecule has 0 bridgehead atoms. The van der Waals surface area contributed by atoms with Gasteiger partial charge in [-0.2, -0.15) is 0 Å². The summed E-state index contributed by atoms with van der Waals surface area (Å²) in [5.41, 5.74) is 0. The summed E-state index contributed by atoms with van der Waals surface area (Å²) >= 11 is 0. The van der Waals surface area contributed by atoms with Gasteiger partial charge < -0.3 is 13.8 Å². The van der Waals surface area contributed by atoms with Crippen molar-refractivity contribution in [1.29, 1.82) is 0 Å². The second-order valence-electron chi connectivity index (χ2n) is 2.56. The van der Waals surface area contributed by atoms with E-state index in [-0.39, 0.29) is 8.41 Å². The van der Waals surface area contributed by atoms with Gasteiger partial charge in [-0.15, -0.1) is 0 Å². The molecule has 0 fully saturated rings. The van der Waals surface area contributed by atoms with Crippen LogP contribution in [0.2, 0.25) is 19.6 Å². The highest BCUT2D eigenvalue weighted by Crippen LogP contribution is 1.79. The molecule has 0 spiro atoms. The second-order valence-corrected chi connectivity index (χ2v) is 7.68.